The Hall–Kier alpha value is -1.14. The second-order valence-corrected chi connectivity index (χ2v) is 5.07. The quantitative estimate of drug-likeness (QED) is 0.524. The topological polar surface area (TPSA) is 59.1 Å². The fourth-order valence-electron chi connectivity index (χ4n) is 2.94. The average molecular weight is 270 g/mol. The third-order valence-corrected chi connectivity index (χ3v) is 3.96. The molecule has 3 aliphatic heterocycles. The normalized spacial score (nSPS) is 31.8. The molecular weight excluding hydrogens is 248 g/mol. The molecule has 0 aromatic carbocycles. The van der Waals surface area contributed by atoms with E-state index in [1.807, 2.05) is 4.90 Å². The minimum atomic E-state index is -1.27. The molecule has 3 heterocycles. The molecule has 0 spiro atoms. The Morgan fingerprint density at radius 1 is 1.16 bits per heavy atom. The lowest BCUT2D eigenvalue weighted by Crippen LogP contribution is -2.77. The number of carbonyl (C=O) groups excluding carboxylic acids is 2. The number of nitrogens with zero attached hydrogens (tertiary/aromatic N) is 2. The van der Waals surface area contributed by atoms with Crippen LogP contribution in [-0.4, -0.2) is 72.7 Å². The maximum atomic E-state index is 12.3. The summed E-state index contributed by atoms with van der Waals surface area (Å²) >= 11 is 0. The highest BCUT2D eigenvalue weighted by Crippen LogP contribution is 2.31. The van der Waals surface area contributed by atoms with Crippen molar-refractivity contribution >= 4 is 11.9 Å². The third kappa shape index (κ3) is 2.23. The summed E-state index contributed by atoms with van der Waals surface area (Å²) in [6.45, 7) is 8.76. The SMILES string of the molecule is CCOC(=O)C1(C(=O)OCC)CN2CCN1CC2C. The molecule has 3 unspecified atom stereocenters. The maximum Gasteiger partial charge on any atom is 0.339 e. The van der Waals surface area contributed by atoms with Gasteiger partial charge >= 0.3 is 11.9 Å². The largest absolute Gasteiger partial charge is 0.464 e. The first-order valence-corrected chi connectivity index (χ1v) is 6.89. The van der Waals surface area contributed by atoms with Gasteiger partial charge in [0, 0.05) is 32.2 Å². The average Bonchev–Trinajstić information content (AvgIpc) is 2.39. The van der Waals surface area contributed by atoms with Gasteiger partial charge in [-0.3, -0.25) is 9.80 Å². The van der Waals surface area contributed by atoms with Crippen LogP contribution < -0.4 is 0 Å². The lowest BCUT2D eigenvalue weighted by Gasteiger charge is -2.54. The van der Waals surface area contributed by atoms with Crippen LogP contribution in [0, 0.1) is 0 Å². The minimum absolute atomic E-state index is 0.267. The zero-order valence-electron chi connectivity index (χ0n) is 11.8. The summed E-state index contributed by atoms with van der Waals surface area (Å²) in [6.07, 6.45) is 0. The van der Waals surface area contributed by atoms with Crippen molar-refractivity contribution in [2.75, 3.05) is 39.4 Å². The highest BCUT2D eigenvalue weighted by atomic mass is 16.6. The van der Waals surface area contributed by atoms with Crippen molar-refractivity contribution in [3.05, 3.63) is 0 Å². The molecule has 3 atom stereocenters. The van der Waals surface area contributed by atoms with Gasteiger partial charge in [-0.25, -0.2) is 9.59 Å². The molecule has 3 aliphatic rings. The lowest BCUT2D eigenvalue weighted by molar-refractivity contribution is -0.189. The van der Waals surface area contributed by atoms with E-state index in [1.54, 1.807) is 13.8 Å². The molecule has 3 fully saturated rings. The molecule has 0 saturated carbocycles. The van der Waals surface area contributed by atoms with E-state index in [2.05, 4.69) is 11.8 Å². The molecule has 0 amide bonds. The van der Waals surface area contributed by atoms with Crippen molar-refractivity contribution in [3.63, 3.8) is 0 Å². The van der Waals surface area contributed by atoms with Crippen molar-refractivity contribution < 1.29 is 19.1 Å². The van der Waals surface area contributed by atoms with Gasteiger partial charge in [0.2, 0.25) is 5.54 Å². The van der Waals surface area contributed by atoms with Gasteiger partial charge in [0.25, 0.3) is 0 Å². The van der Waals surface area contributed by atoms with Gasteiger partial charge in [-0.15, -0.1) is 0 Å². The van der Waals surface area contributed by atoms with Crippen LogP contribution in [0.2, 0.25) is 0 Å². The molecule has 3 saturated heterocycles. The highest BCUT2D eigenvalue weighted by Gasteiger charge is 2.59. The van der Waals surface area contributed by atoms with E-state index in [1.165, 1.54) is 0 Å². The van der Waals surface area contributed by atoms with Gasteiger partial charge in [-0.2, -0.15) is 0 Å². The second kappa shape index (κ2) is 5.46. The highest BCUT2D eigenvalue weighted by molar-refractivity contribution is 6.05. The van der Waals surface area contributed by atoms with Gasteiger partial charge in [-0.05, 0) is 20.8 Å². The van der Waals surface area contributed by atoms with Crippen LogP contribution in [0.25, 0.3) is 0 Å². The Morgan fingerprint density at radius 2 is 1.74 bits per heavy atom. The van der Waals surface area contributed by atoms with Crippen molar-refractivity contribution in [1.82, 2.24) is 9.80 Å². The Labute approximate surface area is 113 Å². The first-order valence-electron chi connectivity index (χ1n) is 6.89. The molecule has 0 aromatic rings. The molecular formula is C13H22N2O4. The fraction of sp³-hybridized carbons (Fsp3) is 0.846. The van der Waals surface area contributed by atoms with Crippen LogP contribution in [0.1, 0.15) is 20.8 Å². The van der Waals surface area contributed by atoms with Crippen LogP contribution in [0.3, 0.4) is 0 Å². The zero-order valence-corrected chi connectivity index (χ0v) is 11.8. The number of carbonyl (C=O) groups is 2. The van der Waals surface area contributed by atoms with E-state index in [-0.39, 0.29) is 13.2 Å². The molecule has 6 heteroatoms. The standard InChI is InChI=1S/C13H22N2O4/c1-4-18-11(16)13(12(17)19-5-2)9-14-6-7-15(13)8-10(14)3/h10H,4-9H2,1-3H3. The molecule has 6 nitrogen and oxygen atoms in total. The van der Waals surface area contributed by atoms with Crippen molar-refractivity contribution in [3.8, 4) is 0 Å². The van der Waals surface area contributed by atoms with E-state index in [0.29, 0.717) is 25.7 Å². The minimum Gasteiger partial charge on any atom is -0.464 e. The number of fused-ring (bicyclic) bond motifs is 3. The number of ether oxygens (including phenoxy) is 2. The molecule has 19 heavy (non-hydrogen) atoms. The van der Waals surface area contributed by atoms with Crippen LogP contribution in [0.4, 0.5) is 0 Å². The smallest absolute Gasteiger partial charge is 0.339 e. The molecule has 0 radical (unpaired) electrons. The van der Waals surface area contributed by atoms with E-state index >= 15 is 0 Å². The van der Waals surface area contributed by atoms with Gasteiger partial charge in [0.05, 0.1) is 13.2 Å². The number of esters is 2. The van der Waals surface area contributed by atoms with E-state index in [0.717, 1.165) is 6.54 Å². The molecule has 0 aromatic heterocycles. The number of hydrogen-bond donors (Lipinski definition) is 0. The Bertz CT molecular complexity index is 354. The summed E-state index contributed by atoms with van der Waals surface area (Å²) in [5, 5.41) is 0. The summed E-state index contributed by atoms with van der Waals surface area (Å²) in [5.74, 6) is -0.963. The predicted octanol–water partition coefficient (Wildman–Crippen LogP) is -0.129. The summed E-state index contributed by atoms with van der Waals surface area (Å²) < 4.78 is 10.3. The van der Waals surface area contributed by atoms with Gasteiger partial charge in [0.1, 0.15) is 0 Å². The first kappa shape index (κ1) is 14.3. The van der Waals surface area contributed by atoms with Crippen molar-refractivity contribution in [1.29, 1.82) is 0 Å². The van der Waals surface area contributed by atoms with E-state index in [4.69, 9.17) is 9.47 Å². The monoisotopic (exact) mass is 270 g/mol. The predicted molar refractivity (Wildman–Crippen MR) is 68.6 cm³/mol. The Balaban J connectivity index is 2.30. The van der Waals surface area contributed by atoms with Crippen LogP contribution in [0.15, 0.2) is 0 Å². The summed E-state index contributed by atoms with van der Waals surface area (Å²) in [4.78, 5) is 28.8. The third-order valence-electron chi connectivity index (χ3n) is 3.96. The molecule has 0 N–H and O–H groups in total. The summed E-state index contributed by atoms with van der Waals surface area (Å²) in [7, 11) is 0. The molecule has 3 rings (SSSR count). The van der Waals surface area contributed by atoms with Crippen LogP contribution in [-0.2, 0) is 19.1 Å². The number of piperazine rings is 3. The number of rotatable bonds is 4. The van der Waals surface area contributed by atoms with Gasteiger partial charge in [0.15, 0.2) is 0 Å². The Kier molecular flexibility index (Phi) is 4.10. The lowest BCUT2D eigenvalue weighted by atomic mass is 9.88. The molecule has 108 valence electrons. The van der Waals surface area contributed by atoms with Crippen molar-refractivity contribution in [2.45, 2.75) is 32.4 Å². The van der Waals surface area contributed by atoms with Gasteiger partial charge < -0.3 is 9.47 Å². The van der Waals surface area contributed by atoms with Crippen molar-refractivity contribution in [2.24, 2.45) is 0 Å². The number of hydrogen-bond acceptors (Lipinski definition) is 6. The summed E-state index contributed by atoms with van der Waals surface area (Å²) in [5.41, 5.74) is -1.27. The summed E-state index contributed by atoms with van der Waals surface area (Å²) in [6, 6.07) is 0.353. The Morgan fingerprint density at radius 3 is 2.11 bits per heavy atom. The molecule has 0 aliphatic carbocycles. The molecule has 2 bridgehead atoms. The first-order chi connectivity index (χ1) is 9.06. The fourth-order valence-corrected chi connectivity index (χ4v) is 2.94. The van der Waals surface area contributed by atoms with Crippen LogP contribution in [0.5, 0.6) is 0 Å². The van der Waals surface area contributed by atoms with Crippen LogP contribution >= 0.6 is 0 Å². The van der Waals surface area contributed by atoms with Gasteiger partial charge in [-0.1, -0.05) is 0 Å². The van der Waals surface area contributed by atoms with E-state index in [9.17, 15) is 9.59 Å². The van der Waals surface area contributed by atoms with E-state index < -0.39 is 17.5 Å². The maximum absolute atomic E-state index is 12.3. The zero-order chi connectivity index (χ0) is 14.0. The second-order valence-electron chi connectivity index (χ2n) is 5.07.